The summed E-state index contributed by atoms with van der Waals surface area (Å²) < 4.78 is 0. The molecule has 1 aromatic carbocycles. The Morgan fingerprint density at radius 1 is 1.45 bits per heavy atom. The van der Waals surface area contributed by atoms with E-state index < -0.39 is 0 Å². The van der Waals surface area contributed by atoms with Crippen LogP contribution in [0.25, 0.3) is 0 Å². The lowest BCUT2D eigenvalue weighted by molar-refractivity contribution is 0.326. The van der Waals surface area contributed by atoms with Gasteiger partial charge in [-0.25, -0.2) is 0 Å². The lowest BCUT2D eigenvalue weighted by atomic mass is 10.3. The van der Waals surface area contributed by atoms with Crippen LogP contribution >= 0.6 is 0 Å². The van der Waals surface area contributed by atoms with E-state index in [0.29, 0.717) is 0 Å². The highest BCUT2D eigenvalue weighted by Crippen LogP contribution is 2.22. The van der Waals surface area contributed by atoms with E-state index in [1.165, 1.54) is 0 Å². The van der Waals surface area contributed by atoms with Crippen LogP contribution in [0, 0.1) is 0 Å². The molecule has 0 saturated carbocycles. The van der Waals surface area contributed by atoms with E-state index in [0.717, 1.165) is 11.4 Å². The molecule has 3 nitrogen and oxygen atoms in total. The Morgan fingerprint density at radius 2 is 2.18 bits per heavy atom. The number of hydrogen-bond donors (Lipinski definition) is 2. The van der Waals surface area contributed by atoms with Crippen molar-refractivity contribution in [3.63, 3.8) is 0 Å². The number of anilines is 1. The average molecular weight is 150 g/mol. The zero-order valence-electron chi connectivity index (χ0n) is 6.12. The van der Waals surface area contributed by atoms with Gasteiger partial charge in [0.2, 0.25) is 0 Å². The van der Waals surface area contributed by atoms with E-state index in [4.69, 9.17) is 5.11 Å². The molecule has 0 saturated heterocycles. The number of hydrogen-bond acceptors (Lipinski definition) is 3. The largest absolute Gasteiger partial charge is 0.377 e. The van der Waals surface area contributed by atoms with Gasteiger partial charge in [0.1, 0.15) is 6.73 Å². The third-order valence-corrected chi connectivity index (χ3v) is 1.34. The van der Waals surface area contributed by atoms with Crippen LogP contribution in [-0.2, 0) is 0 Å². The van der Waals surface area contributed by atoms with Crippen molar-refractivity contribution >= 4 is 18.1 Å². The Kier molecular flexibility index (Phi) is 2.63. The van der Waals surface area contributed by atoms with Crippen molar-refractivity contribution in [3.8, 4) is 0 Å². The molecular weight excluding hydrogens is 140 g/mol. The monoisotopic (exact) mass is 150 g/mol. The van der Waals surface area contributed by atoms with Crippen LogP contribution in [0.2, 0.25) is 0 Å². The summed E-state index contributed by atoms with van der Waals surface area (Å²) in [6.07, 6.45) is 0. The first-order valence-electron chi connectivity index (χ1n) is 3.29. The van der Waals surface area contributed by atoms with Gasteiger partial charge in [-0.15, -0.1) is 0 Å². The Morgan fingerprint density at radius 3 is 2.82 bits per heavy atom. The standard InChI is InChI=1S/C8H10N2O/c1-9-7-4-2-3-5-8(7)10-6-11/h2-5,10-11H,1,6H2. The minimum atomic E-state index is -0.0907. The van der Waals surface area contributed by atoms with Crippen molar-refractivity contribution < 1.29 is 5.11 Å². The predicted octanol–water partition coefficient (Wildman–Crippen LogP) is 1.38. The van der Waals surface area contributed by atoms with E-state index in [9.17, 15) is 0 Å². The summed E-state index contributed by atoms with van der Waals surface area (Å²) in [6.45, 7) is 3.31. The maximum Gasteiger partial charge on any atom is 0.113 e. The van der Waals surface area contributed by atoms with E-state index in [1.54, 1.807) is 0 Å². The third kappa shape index (κ3) is 1.78. The van der Waals surface area contributed by atoms with E-state index in [-0.39, 0.29) is 6.73 Å². The Hall–Kier alpha value is -1.35. The van der Waals surface area contributed by atoms with Crippen LogP contribution in [0.1, 0.15) is 0 Å². The fourth-order valence-corrected chi connectivity index (χ4v) is 0.846. The van der Waals surface area contributed by atoms with Gasteiger partial charge in [0.15, 0.2) is 0 Å². The number of benzene rings is 1. The summed E-state index contributed by atoms with van der Waals surface area (Å²) >= 11 is 0. The molecule has 58 valence electrons. The van der Waals surface area contributed by atoms with Gasteiger partial charge >= 0.3 is 0 Å². The normalized spacial score (nSPS) is 9.18. The highest BCUT2D eigenvalue weighted by molar-refractivity contribution is 5.67. The maximum atomic E-state index is 8.57. The quantitative estimate of drug-likeness (QED) is 0.505. The van der Waals surface area contributed by atoms with Crippen LogP contribution in [0.3, 0.4) is 0 Å². The fourth-order valence-electron chi connectivity index (χ4n) is 0.846. The van der Waals surface area contributed by atoms with Gasteiger partial charge in [0.05, 0.1) is 11.4 Å². The zero-order chi connectivity index (χ0) is 8.10. The number of nitrogens with zero attached hydrogens (tertiary/aromatic N) is 1. The number of para-hydroxylation sites is 2. The second-order valence-corrected chi connectivity index (χ2v) is 2.01. The van der Waals surface area contributed by atoms with Gasteiger partial charge in [-0.05, 0) is 18.9 Å². The molecule has 3 heteroatoms. The highest BCUT2D eigenvalue weighted by atomic mass is 16.3. The summed E-state index contributed by atoms with van der Waals surface area (Å²) in [6, 6.07) is 7.39. The molecule has 0 heterocycles. The molecular formula is C8H10N2O. The topological polar surface area (TPSA) is 44.6 Å². The SMILES string of the molecule is C=Nc1ccccc1NCO. The second kappa shape index (κ2) is 3.73. The number of aliphatic hydroxyl groups is 1. The van der Waals surface area contributed by atoms with Crippen LogP contribution in [0.15, 0.2) is 29.3 Å². The maximum absolute atomic E-state index is 8.57. The molecule has 2 N–H and O–H groups in total. The minimum absolute atomic E-state index is 0.0907. The summed E-state index contributed by atoms with van der Waals surface area (Å²) in [5.74, 6) is 0. The first-order valence-corrected chi connectivity index (χ1v) is 3.29. The van der Waals surface area contributed by atoms with Gasteiger partial charge in [0.25, 0.3) is 0 Å². The van der Waals surface area contributed by atoms with Gasteiger partial charge in [-0.2, -0.15) is 0 Å². The van der Waals surface area contributed by atoms with Crippen molar-refractivity contribution in [2.45, 2.75) is 0 Å². The molecule has 0 aliphatic heterocycles. The van der Waals surface area contributed by atoms with Crippen molar-refractivity contribution in [3.05, 3.63) is 24.3 Å². The lowest BCUT2D eigenvalue weighted by Gasteiger charge is -2.04. The van der Waals surface area contributed by atoms with Gasteiger partial charge in [0, 0.05) is 0 Å². The second-order valence-electron chi connectivity index (χ2n) is 2.01. The van der Waals surface area contributed by atoms with Crippen LogP contribution in [0.5, 0.6) is 0 Å². The first-order chi connectivity index (χ1) is 5.38. The van der Waals surface area contributed by atoms with Gasteiger partial charge in [-0.3, -0.25) is 4.99 Å². The van der Waals surface area contributed by atoms with E-state index in [1.807, 2.05) is 24.3 Å². The van der Waals surface area contributed by atoms with Crippen molar-refractivity contribution in [1.82, 2.24) is 0 Å². The Bertz CT molecular complexity index is 248. The molecule has 1 aromatic rings. The number of nitrogens with one attached hydrogen (secondary N) is 1. The fraction of sp³-hybridized carbons (Fsp3) is 0.125. The summed E-state index contributed by atoms with van der Waals surface area (Å²) in [7, 11) is 0. The number of rotatable bonds is 3. The minimum Gasteiger partial charge on any atom is -0.377 e. The molecule has 0 unspecified atom stereocenters. The van der Waals surface area contributed by atoms with E-state index in [2.05, 4.69) is 17.0 Å². The molecule has 0 aliphatic carbocycles. The summed E-state index contributed by atoms with van der Waals surface area (Å²) in [5.41, 5.74) is 1.55. The molecule has 0 atom stereocenters. The summed E-state index contributed by atoms with van der Waals surface area (Å²) in [5, 5.41) is 11.3. The Labute approximate surface area is 65.4 Å². The van der Waals surface area contributed by atoms with Crippen molar-refractivity contribution in [1.29, 1.82) is 0 Å². The third-order valence-electron chi connectivity index (χ3n) is 1.34. The van der Waals surface area contributed by atoms with Gasteiger partial charge < -0.3 is 10.4 Å². The smallest absolute Gasteiger partial charge is 0.113 e. The molecule has 0 amide bonds. The molecule has 0 radical (unpaired) electrons. The molecule has 11 heavy (non-hydrogen) atoms. The number of aliphatic hydroxyl groups excluding tert-OH is 1. The molecule has 0 aliphatic rings. The van der Waals surface area contributed by atoms with Crippen molar-refractivity contribution in [2.75, 3.05) is 12.0 Å². The van der Waals surface area contributed by atoms with E-state index >= 15 is 0 Å². The van der Waals surface area contributed by atoms with Crippen LogP contribution in [-0.4, -0.2) is 18.6 Å². The molecule has 0 aromatic heterocycles. The van der Waals surface area contributed by atoms with Crippen LogP contribution < -0.4 is 5.32 Å². The molecule has 1 rings (SSSR count). The molecule has 0 fully saturated rings. The first kappa shape index (κ1) is 7.75. The zero-order valence-corrected chi connectivity index (χ0v) is 6.12. The Balaban J connectivity index is 2.92. The lowest BCUT2D eigenvalue weighted by Crippen LogP contribution is -1.98. The predicted molar refractivity (Wildman–Crippen MR) is 46.4 cm³/mol. The molecule has 0 bridgehead atoms. The summed E-state index contributed by atoms with van der Waals surface area (Å²) in [4.78, 5) is 3.77. The van der Waals surface area contributed by atoms with Crippen LogP contribution in [0.4, 0.5) is 11.4 Å². The highest BCUT2D eigenvalue weighted by Gasteiger charge is 1.94. The van der Waals surface area contributed by atoms with Gasteiger partial charge in [-0.1, -0.05) is 12.1 Å². The average Bonchev–Trinajstić information content (AvgIpc) is 2.06. The number of aliphatic imine (C=N–C) groups is 1. The molecule has 0 spiro atoms. The van der Waals surface area contributed by atoms with Crippen molar-refractivity contribution in [2.24, 2.45) is 4.99 Å².